The molecule has 2 atom stereocenters. The molecule has 6 nitrogen and oxygen atoms in total. The average molecular weight is 339 g/mol. The van der Waals surface area contributed by atoms with Crippen LogP contribution >= 0.6 is 0 Å². The highest BCUT2D eigenvalue weighted by Crippen LogP contribution is 2.30. The van der Waals surface area contributed by atoms with Gasteiger partial charge in [0, 0.05) is 25.4 Å². The normalized spacial score (nSPS) is 21.7. The Kier molecular flexibility index (Phi) is 4.22. The minimum atomic E-state index is -3.96. The van der Waals surface area contributed by atoms with E-state index in [-0.39, 0.29) is 4.90 Å². The molecule has 0 saturated carbocycles. The van der Waals surface area contributed by atoms with Gasteiger partial charge in [-0.05, 0) is 31.0 Å². The summed E-state index contributed by atoms with van der Waals surface area (Å²) >= 11 is 0. The molecule has 0 unspecified atom stereocenters. The highest BCUT2D eigenvalue weighted by molar-refractivity contribution is 7.89. The second-order valence-corrected chi connectivity index (χ2v) is 7.37. The van der Waals surface area contributed by atoms with Crippen LogP contribution < -0.4 is 4.72 Å². The van der Waals surface area contributed by atoms with Gasteiger partial charge in [0.15, 0.2) is 0 Å². The van der Waals surface area contributed by atoms with Crippen molar-refractivity contribution in [1.29, 1.82) is 0 Å². The molecule has 3 rings (SSSR count). The third-order valence-electron chi connectivity index (χ3n) is 3.83. The Balaban J connectivity index is 1.84. The second kappa shape index (κ2) is 6.03. The number of halogens is 1. The molecule has 0 aliphatic carbocycles. The van der Waals surface area contributed by atoms with E-state index in [1.807, 2.05) is 0 Å². The average Bonchev–Trinajstić information content (AvgIpc) is 3.06. The van der Waals surface area contributed by atoms with Crippen LogP contribution in [0.5, 0.6) is 0 Å². The Morgan fingerprint density at radius 2 is 2.22 bits per heavy atom. The molecule has 124 valence electrons. The molecule has 2 heterocycles. The van der Waals surface area contributed by atoms with Crippen LogP contribution in [0.4, 0.5) is 4.39 Å². The maximum Gasteiger partial charge on any atom is 0.243 e. The summed E-state index contributed by atoms with van der Waals surface area (Å²) < 4.78 is 48.7. The van der Waals surface area contributed by atoms with E-state index in [2.05, 4.69) is 9.82 Å². The number of sulfonamides is 1. The number of benzene rings is 1. The molecule has 0 bridgehead atoms. The van der Waals surface area contributed by atoms with Crippen LogP contribution in [0.2, 0.25) is 0 Å². The Bertz CT molecular complexity index is 819. The lowest BCUT2D eigenvalue weighted by molar-refractivity contribution is 0.102. The molecular formula is C15H18FN3O3S. The Morgan fingerprint density at radius 1 is 1.43 bits per heavy atom. The molecule has 0 radical (unpaired) electrons. The predicted octanol–water partition coefficient (Wildman–Crippen LogP) is 1.68. The summed E-state index contributed by atoms with van der Waals surface area (Å²) in [5, 5.41) is 4.07. The largest absolute Gasteiger partial charge is 0.372 e. The van der Waals surface area contributed by atoms with Crippen molar-refractivity contribution in [1.82, 2.24) is 14.5 Å². The summed E-state index contributed by atoms with van der Waals surface area (Å²) in [5.74, 6) is -0.755. The summed E-state index contributed by atoms with van der Waals surface area (Å²) in [6.07, 6.45) is 3.52. The molecule has 1 aromatic carbocycles. The lowest BCUT2D eigenvalue weighted by atomic mass is 10.1. The first-order valence-electron chi connectivity index (χ1n) is 7.25. The molecule has 1 fully saturated rings. The zero-order valence-electron chi connectivity index (χ0n) is 12.9. The number of aromatic nitrogens is 2. The smallest absolute Gasteiger partial charge is 0.243 e. The molecule has 23 heavy (non-hydrogen) atoms. The van der Waals surface area contributed by atoms with Gasteiger partial charge in [-0.25, -0.2) is 17.5 Å². The first kappa shape index (κ1) is 16.1. The van der Waals surface area contributed by atoms with Crippen molar-refractivity contribution < 1.29 is 17.5 Å². The maximum atomic E-state index is 14.0. The third kappa shape index (κ3) is 3.29. The van der Waals surface area contributed by atoms with Crippen molar-refractivity contribution in [2.75, 3.05) is 6.61 Å². The molecule has 1 N–H and O–H groups in total. The summed E-state index contributed by atoms with van der Waals surface area (Å²) in [4.78, 5) is -0.347. The van der Waals surface area contributed by atoms with Crippen LogP contribution in [0.25, 0.3) is 0 Å². The van der Waals surface area contributed by atoms with Crippen LogP contribution in [-0.4, -0.2) is 30.8 Å². The van der Waals surface area contributed by atoms with E-state index in [1.165, 1.54) is 12.1 Å². The zero-order valence-corrected chi connectivity index (χ0v) is 13.7. The molecule has 1 aliphatic rings. The second-order valence-electron chi connectivity index (χ2n) is 5.69. The van der Waals surface area contributed by atoms with Crippen molar-refractivity contribution in [3.05, 3.63) is 47.5 Å². The van der Waals surface area contributed by atoms with E-state index in [9.17, 15) is 12.8 Å². The zero-order chi connectivity index (χ0) is 16.6. The van der Waals surface area contributed by atoms with Crippen molar-refractivity contribution in [3.63, 3.8) is 0 Å². The van der Waals surface area contributed by atoms with Crippen LogP contribution in [0.3, 0.4) is 0 Å². The Hall–Kier alpha value is -1.77. The molecule has 1 saturated heterocycles. The van der Waals surface area contributed by atoms with Crippen molar-refractivity contribution in [3.8, 4) is 0 Å². The lowest BCUT2D eigenvalue weighted by Crippen LogP contribution is -2.37. The number of ether oxygens (including phenoxy) is 1. The lowest BCUT2D eigenvalue weighted by Gasteiger charge is -2.19. The van der Waals surface area contributed by atoms with Gasteiger partial charge in [-0.1, -0.05) is 6.07 Å². The first-order valence-corrected chi connectivity index (χ1v) is 8.74. The SMILES string of the molecule is Cc1ccc(S(=O)(=O)N[C@H]2CCO[C@@H]2c2cnn(C)c2)c(F)c1. The van der Waals surface area contributed by atoms with E-state index in [4.69, 9.17) is 4.74 Å². The van der Waals surface area contributed by atoms with Crippen LogP contribution in [0, 0.1) is 12.7 Å². The van der Waals surface area contributed by atoms with Gasteiger partial charge < -0.3 is 4.74 Å². The molecule has 0 amide bonds. The molecular weight excluding hydrogens is 321 g/mol. The monoisotopic (exact) mass is 339 g/mol. The van der Waals surface area contributed by atoms with Gasteiger partial charge in [0.05, 0.1) is 12.2 Å². The van der Waals surface area contributed by atoms with Crippen molar-refractivity contribution in [2.45, 2.75) is 30.4 Å². The van der Waals surface area contributed by atoms with E-state index in [0.717, 1.165) is 5.56 Å². The minimum Gasteiger partial charge on any atom is -0.372 e. The van der Waals surface area contributed by atoms with Gasteiger partial charge >= 0.3 is 0 Å². The highest BCUT2D eigenvalue weighted by atomic mass is 32.2. The van der Waals surface area contributed by atoms with E-state index in [1.54, 1.807) is 37.1 Å². The van der Waals surface area contributed by atoms with Crippen LogP contribution in [0.1, 0.15) is 23.7 Å². The predicted molar refractivity (Wildman–Crippen MR) is 81.8 cm³/mol. The minimum absolute atomic E-state index is 0.347. The summed E-state index contributed by atoms with van der Waals surface area (Å²) in [6.45, 7) is 2.14. The number of rotatable bonds is 4. The van der Waals surface area contributed by atoms with Gasteiger partial charge in [-0.15, -0.1) is 0 Å². The topological polar surface area (TPSA) is 73.2 Å². The maximum absolute atomic E-state index is 14.0. The Morgan fingerprint density at radius 3 is 2.87 bits per heavy atom. The summed E-state index contributed by atoms with van der Waals surface area (Å²) in [5.41, 5.74) is 1.46. The number of hydrogen-bond donors (Lipinski definition) is 1. The van der Waals surface area contributed by atoms with Crippen molar-refractivity contribution >= 4 is 10.0 Å². The van der Waals surface area contributed by atoms with Gasteiger partial charge in [0.1, 0.15) is 16.8 Å². The summed E-state index contributed by atoms with van der Waals surface area (Å²) in [6, 6.07) is 3.60. The van der Waals surface area contributed by atoms with Crippen molar-refractivity contribution in [2.24, 2.45) is 7.05 Å². The number of aryl methyl sites for hydroxylation is 2. The molecule has 8 heteroatoms. The fourth-order valence-electron chi connectivity index (χ4n) is 2.71. The van der Waals surface area contributed by atoms with Gasteiger partial charge in [-0.2, -0.15) is 5.10 Å². The van der Waals surface area contributed by atoms with Crippen LogP contribution in [-0.2, 0) is 21.8 Å². The molecule has 1 aromatic heterocycles. The van der Waals surface area contributed by atoms with Gasteiger partial charge in [-0.3, -0.25) is 4.68 Å². The fraction of sp³-hybridized carbons (Fsp3) is 0.400. The summed E-state index contributed by atoms with van der Waals surface area (Å²) in [7, 11) is -2.18. The van der Waals surface area contributed by atoms with Gasteiger partial charge in [0.2, 0.25) is 10.0 Å². The number of hydrogen-bond acceptors (Lipinski definition) is 4. The third-order valence-corrected chi connectivity index (χ3v) is 5.35. The first-order chi connectivity index (χ1) is 10.9. The van der Waals surface area contributed by atoms with E-state index in [0.29, 0.717) is 18.6 Å². The Labute approximate surface area is 134 Å². The molecule has 0 spiro atoms. The van der Waals surface area contributed by atoms with Crippen LogP contribution in [0.15, 0.2) is 35.5 Å². The number of nitrogens with zero attached hydrogens (tertiary/aromatic N) is 2. The standard InChI is InChI=1S/C15H18FN3O3S/c1-10-3-4-14(12(16)7-10)23(20,21)18-13-5-6-22-15(13)11-8-17-19(2)9-11/h3-4,7-9,13,15,18H,5-6H2,1-2H3/t13-,15+/m0/s1. The molecule has 2 aromatic rings. The molecule has 1 aliphatic heterocycles. The highest BCUT2D eigenvalue weighted by Gasteiger charge is 2.34. The fourth-order valence-corrected chi connectivity index (χ4v) is 4.04. The quantitative estimate of drug-likeness (QED) is 0.920. The number of nitrogens with one attached hydrogen (secondary N) is 1. The van der Waals surface area contributed by atoms with Gasteiger partial charge in [0.25, 0.3) is 0 Å². The van der Waals surface area contributed by atoms with E-state index >= 15 is 0 Å². The van der Waals surface area contributed by atoms with E-state index < -0.39 is 28.0 Å².